The van der Waals surface area contributed by atoms with E-state index >= 15 is 0 Å². The first-order valence-electron chi connectivity index (χ1n) is 13.0. The number of carbonyl (C=O) groups excluding carboxylic acids is 6. The Labute approximate surface area is 208 Å². The molecule has 0 unspecified atom stereocenters. The quantitative estimate of drug-likeness (QED) is 0.547. The minimum atomic E-state index is -0.462. The van der Waals surface area contributed by atoms with Gasteiger partial charge >= 0.3 is 0 Å². The second-order valence-electron chi connectivity index (χ2n) is 10.4. The number of ketones is 6. The largest absolute Gasteiger partial charge is 0.290 e. The summed E-state index contributed by atoms with van der Waals surface area (Å²) in [6.07, 6.45) is 9.83. The molecule has 0 saturated carbocycles. The lowest BCUT2D eigenvalue weighted by Gasteiger charge is -2.31. The maximum atomic E-state index is 13.9. The molecule has 6 rings (SSSR count). The molecule has 0 saturated heterocycles. The molecule has 0 heterocycles. The third-order valence-electron chi connectivity index (χ3n) is 8.38. The molecule has 0 radical (unpaired) electrons. The van der Waals surface area contributed by atoms with Crippen molar-refractivity contribution in [3.05, 3.63) is 67.9 Å². The summed E-state index contributed by atoms with van der Waals surface area (Å²) in [5, 5.41) is 0. The van der Waals surface area contributed by atoms with Gasteiger partial charge in [0.1, 0.15) is 0 Å². The van der Waals surface area contributed by atoms with Gasteiger partial charge < -0.3 is 0 Å². The van der Waals surface area contributed by atoms with E-state index in [0.717, 1.165) is 38.5 Å². The predicted octanol–water partition coefficient (Wildman–Crippen LogP) is 4.20. The maximum absolute atomic E-state index is 13.9. The summed E-state index contributed by atoms with van der Waals surface area (Å²) in [5.74, 6) is -2.37. The minimum absolute atomic E-state index is 0.101. The van der Waals surface area contributed by atoms with Crippen molar-refractivity contribution in [1.82, 2.24) is 0 Å². The fourth-order valence-corrected chi connectivity index (χ4v) is 6.57. The van der Waals surface area contributed by atoms with Crippen LogP contribution in [0, 0.1) is 0 Å². The lowest BCUT2D eigenvalue weighted by Crippen LogP contribution is -2.34. The second kappa shape index (κ2) is 8.54. The zero-order valence-electron chi connectivity index (χ0n) is 20.1. The van der Waals surface area contributed by atoms with Gasteiger partial charge in [-0.15, -0.1) is 0 Å². The molecule has 36 heavy (non-hydrogen) atoms. The average molecular weight is 483 g/mol. The first-order chi connectivity index (χ1) is 17.4. The number of Topliss-reactive ketones (excluding diaryl/α,β-unsaturated/α-hetero) is 4. The van der Waals surface area contributed by atoms with Gasteiger partial charge in [-0.2, -0.15) is 0 Å². The standard InChI is InChI=1S/C30H26O6/c31-23-13-21(27(33)17-9-3-1-7-15(17)23)25-26(30(36)20-12-6-5-11-19(20)29(25)35)22-14-24(32)16-8-2-4-10-18(16)28(22)34/h13-14H,1-12H2. The first-order valence-corrected chi connectivity index (χ1v) is 13.0. The van der Waals surface area contributed by atoms with E-state index in [9.17, 15) is 28.8 Å². The van der Waals surface area contributed by atoms with Crippen LogP contribution in [0.15, 0.2) is 67.9 Å². The monoisotopic (exact) mass is 482 g/mol. The SMILES string of the molecule is O=C1C=C(C2=C(C3=CC(=O)C4=C(CCCC4)C3=O)C(=O)C3=C(CCCC3)C2=O)C(=O)C2=C1CCCC2. The Kier molecular flexibility index (Phi) is 5.43. The fraction of sp³-hybridized carbons (Fsp3) is 0.400. The van der Waals surface area contributed by atoms with Crippen molar-refractivity contribution in [2.45, 2.75) is 77.0 Å². The highest BCUT2D eigenvalue weighted by atomic mass is 16.2. The van der Waals surface area contributed by atoms with Crippen molar-refractivity contribution < 1.29 is 28.8 Å². The predicted molar refractivity (Wildman–Crippen MR) is 130 cm³/mol. The topological polar surface area (TPSA) is 102 Å². The molecule has 6 heteroatoms. The maximum Gasteiger partial charge on any atom is 0.190 e. The van der Waals surface area contributed by atoms with Crippen molar-refractivity contribution in [2.75, 3.05) is 0 Å². The zero-order chi connectivity index (χ0) is 25.1. The molecule has 0 spiro atoms. The molecular formula is C30H26O6. The number of hydrogen-bond donors (Lipinski definition) is 0. The van der Waals surface area contributed by atoms with Gasteiger partial charge in [-0.25, -0.2) is 0 Å². The molecule has 0 aromatic heterocycles. The average Bonchev–Trinajstić information content (AvgIpc) is 2.91. The lowest BCUT2D eigenvalue weighted by molar-refractivity contribution is -0.119. The van der Waals surface area contributed by atoms with Gasteiger partial charge in [0.05, 0.1) is 0 Å². The number of carbonyl (C=O) groups is 6. The summed E-state index contributed by atoms with van der Waals surface area (Å²) in [4.78, 5) is 81.2. The molecule has 0 amide bonds. The van der Waals surface area contributed by atoms with Crippen LogP contribution in [0.25, 0.3) is 0 Å². The van der Waals surface area contributed by atoms with E-state index in [1.54, 1.807) is 0 Å². The molecule has 0 bridgehead atoms. The molecular weight excluding hydrogens is 456 g/mol. The van der Waals surface area contributed by atoms with Crippen LogP contribution in [0.3, 0.4) is 0 Å². The van der Waals surface area contributed by atoms with Crippen LogP contribution in [-0.2, 0) is 28.8 Å². The van der Waals surface area contributed by atoms with Crippen molar-refractivity contribution >= 4 is 34.7 Å². The van der Waals surface area contributed by atoms with Crippen LogP contribution < -0.4 is 0 Å². The molecule has 182 valence electrons. The Bertz CT molecular complexity index is 1310. The van der Waals surface area contributed by atoms with Crippen LogP contribution in [0.4, 0.5) is 0 Å². The molecule has 0 aromatic carbocycles. The zero-order valence-corrected chi connectivity index (χ0v) is 20.1. The van der Waals surface area contributed by atoms with Gasteiger partial charge in [-0.3, -0.25) is 28.8 Å². The third kappa shape index (κ3) is 3.30. The molecule has 0 atom stereocenters. The third-order valence-corrected chi connectivity index (χ3v) is 8.38. The number of rotatable bonds is 2. The van der Waals surface area contributed by atoms with E-state index in [-0.39, 0.29) is 33.9 Å². The number of allylic oxidation sites excluding steroid dienone is 12. The van der Waals surface area contributed by atoms with Crippen molar-refractivity contribution in [3.8, 4) is 0 Å². The van der Waals surface area contributed by atoms with Gasteiger partial charge in [0.15, 0.2) is 34.7 Å². The normalized spacial score (nSPS) is 25.2. The highest BCUT2D eigenvalue weighted by Crippen LogP contribution is 2.44. The Hall–Kier alpha value is -3.54. The summed E-state index contributed by atoms with van der Waals surface area (Å²) >= 11 is 0. The van der Waals surface area contributed by atoms with E-state index in [1.165, 1.54) is 12.2 Å². The summed E-state index contributed by atoms with van der Waals surface area (Å²) in [7, 11) is 0. The molecule has 0 aliphatic heterocycles. The van der Waals surface area contributed by atoms with Crippen molar-refractivity contribution in [3.63, 3.8) is 0 Å². The fourth-order valence-electron chi connectivity index (χ4n) is 6.57. The first kappa shape index (κ1) is 22.9. The van der Waals surface area contributed by atoms with E-state index in [1.807, 2.05) is 0 Å². The van der Waals surface area contributed by atoms with Crippen LogP contribution in [0.5, 0.6) is 0 Å². The molecule has 6 aliphatic carbocycles. The Morgan fingerprint density at radius 3 is 0.972 bits per heavy atom. The van der Waals surface area contributed by atoms with E-state index in [2.05, 4.69) is 0 Å². The molecule has 0 N–H and O–H groups in total. The van der Waals surface area contributed by atoms with Crippen LogP contribution >= 0.6 is 0 Å². The number of hydrogen-bond acceptors (Lipinski definition) is 6. The highest BCUT2D eigenvalue weighted by molar-refractivity contribution is 6.39. The smallest absolute Gasteiger partial charge is 0.190 e. The van der Waals surface area contributed by atoms with Gasteiger partial charge in [0, 0.05) is 55.7 Å². The molecule has 6 aliphatic rings. The van der Waals surface area contributed by atoms with Gasteiger partial charge in [-0.1, -0.05) is 0 Å². The second-order valence-corrected chi connectivity index (χ2v) is 10.4. The van der Waals surface area contributed by atoms with Gasteiger partial charge in [-0.05, 0) is 89.2 Å². The van der Waals surface area contributed by atoms with Gasteiger partial charge in [0.2, 0.25) is 0 Å². The van der Waals surface area contributed by atoms with Gasteiger partial charge in [0.25, 0.3) is 0 Å². The summed E-state index contributed by atoms with van der Waals surface area (Å²) < 4.78 is 0. The lowest BCUT2D eigenvalue weighted by atomic mass is 9.68. The Balaban J connectivity index is 1.56. The Morgan fingerprint density at radius 2 is 0.639 bits per heavy atom. The summed E-state index contributed by atoms with van der Waals surface area (Å²) in [5.41, 5.74) is 2.03. The summed E-state index contributed by atoms with van der Waals surface area (Å²) in [6.45, 7) is 0. The van der Waals surface area contributed by atoms with Crippen molar-refractivity contribution in [2.24, 2.45) is 0 Å². The van der Waals surface area contributed by atoms with Crippen molar-refractivity contribution in [1.29, 1.82) is 0 Å². The van der Waals surface area contributed by atoms with E-state index in [4.69, 9.17) is 0 Å². The Morgan fingerprint density at radius 1 is 0.361 bits per heavy atom. The molecule has 0 aromatic rings. The summed E-state index contributed by atoms with van der Waals surface area (Å²) in [6, 6.07) is 0. The minimum Gasteiger partial charge on any atom is -0.290 e. The highest BCUT2D eigenvalue weighted by Gasteiger charge is 2.44. The van der Waals surface area contributed by atoms with Crippen LogP contribution in [0.1, 0.15) is 77.0 Å². The van der Waals surface area contributed by atoms with E-state index < -0.39 is 23.1 Å². The van der Waals surface area contributed by atoms with Crippen LogP contribution in [-0.4, -0.2) is 34.7 Å². The molecule has 6 nitrogen and oxygen atoms in total. The van der Waals surface area contributed by atoms with E-state index in [0.29, 0.717) is 72.0 Å². The molecule has 0 fully saturated rings. The van der Waals surface area contributed by atoms with Crippen LogP contribution in [0.2, 0.25) is 0 Å².